The fourth-order valence-electron chi connectivity index (χ4n) is 2.31. The normalized spacial score (nSPS) is 15.9. The molecule has 0 unspecified atom stereocenters. The molecule has 1 aliphatic heterocycles. The molecule has 1 aliphatic rings. The maximum absolute atomic E-state index is 12.1. The van der Waals surface area contributed by atoms with Gasteiger partial charge in [-0.05, 0) is 24.5 Å². The molecule has 1 aromatic rings. The minimum atomic E-state index is -1.01. The number of hydrogen-bond donors (Lipinski definition) is 1. The number of nitrogens with zero attached hydrogens (tertiary/aromatic N) is 1. The van der Waals surface area contributed by atoms with Crippen LogP contribution in [0.1, 0.15) is 20.3 Å². The number of carbonyl (C=O) groups excluding carboxylic acids is 1. The van der Waals surface area contributed by atoms with Gasteiger partial charge in [0.1, 0.15) is 17.6 Å². The predicted molar refractivity (Wildman–Crippen MR) is 82.8 cm³/mol. The standard InChI is InChI=1S/C16H18ClNO4/c1-10(2)7-13(16(20)21)18-9-11(8-15(18)19)22-14-6-4-3-5-12(14)17/h3-6,8,10,13H,7,9H2,1-2H3,(H,20,21)/t13-/m1/s1. The van der Waals surface area contributed by atoms with Gasteiger partial charge in [-0.15, -0.1) is 0 Å². The Balaban J connectivity index is 2.10. The Morgan fingerprint density at radius 3 is 2.68 bits per heavy atom. The summed E-state index contributed by atoms with van der Waals surface area (Å²) >= 11 is 6.01. The molecule has 0 aliphatic carbocycles. The number of ether oxygens (including phenoxy) is 1. The molecule has 0 radical (unpaired) electrons. The molecular formula is C16H18ClNO4. The summed E-state index contributed by atoms with van der Waals surface area (Å²) in [5, 5.41) is 9.78. The summed E-state index contributed by atoms with van der Waals surface area (Å²) in [6.45, 7) is 3.98. The van der Waals surface area contributed by atoms with Crippen molar-refractivity contribution in [2.75, 3.05) is 6.54 Å². The van der Waals surface area contributed by atoms with Crippen molar-refractivity contribution in [2.24, 2.45) is 5.92 Å². The third kappa shape index (κ3) is 3.80. The van der Waals surface area contributed by atoms with Crippen LogP contribution in [-0.4, -0.2) is 34.5 Å². The van der Waals surface area contributed by atoms with Crippen molar-refractivity contribution in [1.29, 1.82) is 0 Å². The van der Waals surface area contributed by atoms with Crippen molar-refractivity contribution in [3.63, 3.8) is 0 Å². The number of rotatable bonds is 6. The van der Waals surface area contributed by atoms with E-state index in [1.165, 1.54) is 11.0 Å². The fraction of sp³-hybridized carbons (Fsp3) is 0.375. The van der Waals surface area contributed by atoms with Crippen molar-refractivity contribution < 1.29 is 19.4 Å². The van der Waals surface area contributed by atoms with Gasteiger partial charge in [-0.3, -0.25) is 4.79 Å². The summed E-state index contributed by atoms with van der Waals surface area (Å²) in [7, 11) is 0. The van der Waals surface area contributed by atoms with Gasteiger partial charge in [-0.1, -0.05) is 37.6 Å². The quantitative estimate of drug-likeness (QED) is 0.874. The van der Waals surface area contributed by atoms with Crippen LogP contribution < -0.4 is 4.74 Å². The molecule has 2 rings (SSSR count). The number of hydrogen-bond acceptors (Lipinski definition) is 3. The zero-order valence-electron chi connectivity index (χ0n) is 12.5. The molecule has 6 heteroatoms. The van der Waals surface area contributed by atoms with E-state index in [4.69, 9.17) is 16.3 Å². The Bertz CT molecular complexity index is 612. The lowest BCUT2D eigenvalue weighted by molar-refractivity contribution is -0.148. The smallest absolute Gasteiger partial charge is 0.326 e. The molecule has 0 spiro atoms. The third-order valence-corrected chi connectivity index (χ3v) is 3.64. The number of carbonyl (C=O) groups is 2. The lowest BCUT2D eigenvalue weighted by Crippen LogP contribution is -2.43. The molecule has 0 fully saturated rings. The Hall–Kier alpha value is -2.01. The van der Waals surface area contributed by atoms with E-state index in [0.29, 0.717) is 23.0 Å². The van der Waals surface area contributed by atoms with Crippen LogP contribution in [0.4, 0.5) is 0 Å². The van der Waals surface area contributed by atoms with E-state index in [-0.39, 0.29) is 18.4 Å². The van der Waals surface area contributed by atoms with E-state index in [0.717, 1.165) is 0 Å². The van der Waals surface area contributed by atoms with Crippen LogP contribution in [0.3, 0.4) is 0 Å². The second-order valence-electron chi connectivity index (χ2n) is 5.59. The molecule has 1 aromatic carbocycles. The first-order chi connectivity index (χ1) is 10.4. The van der Waals surface area contributed by atoms with Gasteiger partial charge in [-0.25, -0.2) is 4.79 Å². The lowest BCUT2D eigenvalue weighted by atomic mass is 10.0. The molecular weight excluding hydrogens is 306 g/mol. The van der Waals surface area contributed by atoms with Crippen molar-refractivity contribution in [3.8, 4) is 5.75 Å². The molecule has 1 heterocycles. The maximum atomic E-state index is 12.1. The fourth-order valence-corrected chi connectivity index (χ4v) is 2.49. The van der Waals surface area contributed by atoms with Crippen molar-refractivity contribution in [2.45, 2.75) is 26.3 Å². The SMILES string of the molecule is CC(C)C[C@H](C(=O)O)N1CC(Oc2ccccc2Cl)=CC1=O. The van der Waals surface area contributed by atoms with Gasteiger partial charge in [0, 0.05) is 6.08 Å². The van der Waals surface area contributed by atoms with E-state index in [1.807, 2.05) is 13.8 Å². The van der Waals surface area contributed by atoms with Crippen molar-refractivity contribution >= 4 is 23.5 Å². The molecule has 5 nitrogen and oxygen atoms in total. The molecule has 118 valence electrons. The van der Waals surface area contributed by atoms with E-state index < -0.39 is 12.0 Å². The summed E-state index contributed by atoms with van der Waals surface area (Å²) in [4.78, 5) is 24.8. The number of amides is 1. The van der Waals surface area contributed by atoms with Crippen molar-refractivity contribution in [1.82, 2.24) is 4.90 Å². The number of carboxylic acid groups (broad SMARTS) is 1. The van der Waals surface area contributed by atoms with Crippen LogP contribution in [0.25, 0.3) is 0 Å². The molecule has 0 bridgehead atoms. The first-order valence-corrected chi connectivity index (χ1v) is 7.42. The van der Waals surface area contributed by atoms with E-state index in [1.54, 1.807) is 24.3 Å². The van der Waals surface area contributed by atoms with Gasteiger partial charge >= 0.3 is 5.97 Å². The number of benzene rings is 1. The number of carboxylic acids is 1. The minimum Gasteiger partial charge on any atom is -0.480 e. The highest BCUT2D eigenvalue weighted by molar-refractivity contribution is 6.32. The second kappa shape index (κ2) is 6.83. The zero-order valence-corrected chi connectivity index (χ0v) is 13.2. The average Bonchev–Trinajstić information content (AvgIpc) is 2.79. The van der Waals surface area contributed by atoms with Crippen LogP contribution >= 0.6 is 11.6 Å². The Morgan fingerprint density at radius 2 is 2.09 bits per heavy atom. The summed E-state index contributed by atoms with van der Waals surface area (Å²) in [6, 6.07) is 6.08. The Kier molecular flexibility index (Phi) is 5.08. The average molecular weight is 324 g/mol. The highest BCUT2D eigenvalue weighted by Gasteiger charge is 2.34. The number of halogens is 1. The van der Waals surface area contributed by atoms with E-state index >= 15 is 0 Å². The maximum Gasteiger partial charge on any atom is 0.326 e. The largest absolute Gasteiger partial charge is 0.480 e. The molecule has 1 atom stereocenters. The van der Waals surface area contributed by atoms with Gasteiger partial charge < -0.3 is 14.7 Å². The van der Waals surface area contributed by atoms with E-state index in [9.17, 15) is 14.7 Å². The number of aliphatic carboxylic acids is 1. The highest BCUT2D eigenvalue weighted by atomic mass is 35.5. The summed E-state index contributed by atoms with van der Waals surface area (Å²) in [6.07, 6.45) is 1.72. The lowest BCUT2D eigenvalue weighted by Gasteiger charge is -2.25. The van der Waals surface area contributed by atoms with Crippen LogP contribution in [0, 0.1) is 5.92 Å². The summed E-state index contributed by atoms with van der Waals surface area (Å²) in [5.74, 6) is -0.346. The summed E-state index contributed by atoms with van der Waals surface area (Å²) < 4.78 is 5.62. The number of para-hydroxylation sites is 1. The van der Waals surface area contributed by atoms with E-state index in [2.05, 4.69) is 0 Å². The molecule has 1 N–H and O–H groups in total. The van der Waals surface area contributed by atoms with Gasteiger partial charge in [0.25, 0.3) is 5.91 Å². The highest BCUT2D eigenvalue weighted by Crippen LogP contribution is 2.27. The second-order valence-corrected chi connectivity index (χ2v) is 6.00. The molecule has 0 saturated carbocycles. The zero-order chi connectivity index (χ0) is 16.3. The molecule has 1 amide bonds. The molecule has 22 heavy (non-hydrogen) atoms. The Labute approximate surface area is 134 Å². The minimum absolute atomic E-state index is 0.133. The topological polar surface area (TPSA) is 66.8 Å². The molecule has 0 aromatic heterocycles. The van der Waals surface area contributed by atoms with Gasteiger partial charge in [-0.2, -0.15) is 0 Å². The third-order valence-electron chi connectivity index (χ3n) is 3.33. The van der Waals surface area contributed by atoms with Crippen LogP contribution in [0.5, 0.6) is 5.75 Å². The Morgan fingerprint density at radius 1 is 1.41 bits per heavy atom. The van der Waals surface area contributed by atoms with Gasteiger partial charge in [0.05, 0.1) is 11.6 Å². The van der Waals surface area contributed by atoms with Crippen LogP contribution in [0.2, 0.25) is 5.02 Å². The monoisotopic (exact) mass is 323 g/mol. The van der Waals surface area contributed by atoms with Crippen LogP contribution in [-0.2, 0) is 9.59 Å². The van der Waals surface area contributed by atoms with Crippen LogP contribution in [0.15, 0.2) is 36.1 Å². The molecule has 0 saturated heterocycles. The van der Waals surface area contributed by atoms with Gasteiger partial charge in [0.15, 0.2) is 0 Å². The predicted octanol–water partition coefficient (Wildman–Crippen LogP) is 2.94. The van der Waals surface area contributed by atoms with Gasteiger partial charge in [0.2, 0.25) is 0 Å². The van der Waals surface area contributed by atoms with Crippen molar-refractivity contribution in [3.05, 3.63) is 41.1 Å². The summed E-state index contributed by atoms with van der Waals surface area (Å²) in [5.41, 5.74) is 0. The first-order valence-electron chi connectivity index (χ1n) is 7.05. The first kappa shape index (κ1) is 16.4.